The molecule has 0 spiro atoms. The molecule has 0 aliphatic heterocycles. The van der Waals surface area contributed by atoms with Gasteiger partial charge in [-0.3, -0.25) is 0 Å². The average molecular weight is 329 g/mol. The van der Waals surface area contributed by atoms with Crippen LogP contribution in [0, 0.1) is 0 Å². The number of alkyl carbamates (subject to hydrolysis) is 1. The van der Waals surface area contributed by atoms with Gasteiger partial charge < -0.3 is 15.8 Å². The van der Waals surface area contributed by atoms with Gasteiger partial charge in [0.2, 0.25) is 10.0 Å². The van der Waals surface area contributed by atoms with Crippen molar-refractivity contribution >= 4 is 21.8 Å². The summed E-state index contributed by atoms with van der Waals surface area (Å²) in [5.74, 6) is -0.202. The topological polar surface area (TPSA) is 111 Å². The number of carbonyl (C=O) groups excluding carboxylic acids is 1. The Kier molecular flexibility index (Phi) is 6.19. The average Bonchev–Trinajstić information content (AvgIpc) is 2.35. The third-order valence-corrected chi connectivity index (χ3v) is 3.85. The van der Waals surface area contributed by atoms with Crippen LogP contribution >= 0.6 is 0 Å². The molecular formula is C14H23N3O4S. The number of nitrogens with one attached hydrogen (secondary N) is 2. The zero-order valence-electron chi connectivity index (χ0n) is 13.0. The maximum atomic E-state index is 11.9. The van der Waals surface area contributed by atoms with E-state index in [1.807, 2.05) is 0 Å². The number of para-hydroxylation sites is 1. The second kappa shape index (κ2) is 7.46. The smallest absolute Gasteiger partial charge is 0.407 e. The molecule has 0 saturated carbocycles. The number of hydrogen-bond donors (Lipinski definition) is 3. The van der Waals surface area contributed by atoms with Crippen LogP contribution in [0.1, 0.15) is 26.3 Å². The zero-order chi connectivity index (χ0) is 16.8. The summed E-state index contributed by atoms with van der Waals surface area (Å²) in [4.78, 5) is 11.4. The summed E-state index contributed by atoms with van der Waals surface area (Å²) >= 11 is 0. The lowest BCUT2D eigenvalue weighted by molar-refractivity contribution is 0.0529. The number of sulfonamides is 1. The third-order valence-electron chi connectivity index (χ3n) is 2.52. The van der Waals surface area contributed by atoms with Gasteiger partial charge in [-0.25, -0.2) is 17.9 Å². The Balaban J connectivity index is 2.38. The zero-order valence-corrected chi connectivity index (χ0v) is 13.9. The molecule has 0 fully saturated rings. The van der Waals surface area contributed by atoms with Crippen LogP contribution in [0.25, 0.3) is 0 Å². The molecular weight excluding hydrogens is 306 g/mol. The lowest BCUT2D eigenvalue weighted by Gasteiger charge is -2.19. The number of benzene rings is 1. The molecule has 8 heteroatoms. The first-order chi connectivity index (χ1) is 10.1. The highest BCUT2D eigenvalue weighted by atomic mass is 32.2. The molecule has 1 aromatic carbocycles. The van der Waals surface area contributed by atoms with Crippen molar-refractivity contribution in [2.24, 2.45) is 0 Å². The molecule has 124 valence electrons. The van der Waals surface area contributed by atoms with E-state index in [2.05, 4.69) is 10.0 Å². The van der Waals surface area contributed by atoms with Crippen LogP contribution in [-0.2, 0) is 20.5 Å². The fraction of sp³-hybridized carbons (Fsp3) is 0.500. The summed E-state index contributed by atoms with van der Waals surface area (Å²) in [6, 6.07) is 6.78. The lowest BCUT2D eigenvalue weighted by Crippen LogP contribution is -2.38. The predicted molar refractivity (Wildman–Crippen MR) is 85.7 cm³/mol. The number of hydrogen-bond acceptors (Lipinski definition) is 5. The molecule has 0 aromatic heterocycles. The standard InChI is InChI=1S/C14H23N3O4S/c1-14(2,3)21-13(18)16-8-9-17-22(19,20)10-11-6-4-5-7-12(11)15/h4-7,17H,8-10,15H2,1-3H3,(H,16,18). The number of anilines is 1. The van der Waals surface area contributed by atoms with Gasteiger partial charge in [-0.2, -0.15) is 0 Å². The second-order valence-corrected chi connectivity index (χ2v) is 7.59. The van der Waals surface area contributed by atoms with E-state index in [4.69, 9.17) is 10.5 Å². The van der Waals surface area contributed by atoms with Crippen LogP contribution < -0.4 is 15.8 Å². The van der Waals surface area contributed by atoms with Crippen molar-refractivity contribution < 1.29 is 17.9 Å². The number of rotatable bonds is 6. The minimum absolute atomic E-state index is 0.0777. The molecule has 1 rings (SSSR count). The normalized spacial score (nSPS) is 12.0. The van der Waals surface area contributed by atoms with E-state index in [1.54, 1.807) is 45.0 Å². The van der Waals surface area contributed by atoms with Gasteiger partial charge in [-0.1, -0.05) is 18.2 Å². The van der Waals surface area contributed by atoms with Gasteiger partial charge in [0.05, 0.1) is 5.75 Å². The van der Waals surface area contributed by atoms with Gasteiger partial charge in [0.15, 0.2) is 0 Å². The second-order valence-electron chi connectivity index (χ2n) is 5.78. The van der Waals surface area contributed by atoms with Gasteiger partial charge in [0.25, 0.3) is 0 Å². The predicted octanol–water partition coefficient (Wildman–Crippen LogP) is 1.21. The highest BCUT2D eigenvalue weighted by Crippen LogP contribution is 2.13. The fourth-order valence-electron chi connectivity index (χ4n) is 1.61. The molecule has 0 aliphatic rings. The Morgan fingerprint density at radius 3 is 2.45 bits per heavy atom. The number of carbonyl (C=O) groups is 1. The number of nitrogens with two attached hydrogens (primary N) is 1. The van der Waals surface area contributed by atoms with Crippen LogP contribution in [0.2, 0.25) is 0 Å². The quantitative estimate of drug-likeness (QED) is 0.537. The van der Waals surface area contributed by atoms with Crippen molar-refractivity contribution in [2.45, 2.75) is 32.1 Å². The molecule has 22 heavy (non-hydrogen) atoms. The molecule has 0 unspecified atom stereocenters. The Morgan fingerprint density at radius 2 is 1.86 bits per heavy atom. The maximum absolute atomic E-state index is 11.9. The van der Waals surface area contributed by atoms with Gasteiger partial charge in [-0.05, 0) is 32.4 Å². The summed E-state index contributed by atoms with van der Waals surface area (Å²) in [6.07, 6.45) is -0.584. The Morgan fingerprint density at radius 1 is 1.23 bits per heavy atom. The van der Waals surface area contributed by atoms with Crippen LogP contribution in [0.4, 0.5) is 10.5 Å². The van der Waals surface area contributed by atoms with E-state index in [9.17, 15) is 13.2 Å². The molecule has 1 aromatic rings. The first-order valence-corrected chi connectivity index (χ1v) is 8.52. The molecule has 0 heterocycles. The van der Waals surface area contributed by atoms with Gasteiger partial charge >= 0.3 is 6.09 Å². The minimum atomic E-state index is -3.51. The van der Waals surface area contributed by atoms with E-state index in [-0.39, 0.29) is 18.8 Å². The summed E-state index contributed by atoms with van der Waals surface area (Å²) in [5.41, 5.74) is 6.09. The van der Waals surface area contributed by atoms with Crippen molar-refractivity contribution in [3.63, 3.8) is 0 Å². The number of ether oxygens (including phenoxy) is 1. The fourth-order valence-corrected chi connectivity index (χ4v) is 2.79. The molecule has 7 nitrogen and oxygen atoms in total. The summed E-state index contributed by atoms with van der Waals surface area (Å²) in [5, 5.41) is 2.47. The summed E-state index contributed by atoms with van der Waals surface area (Å²) in [7, 11) is -3.51. The van der Waals surface area contributed by atoms with E-state index in [0.717, 1.165) is 0 Å². The van der Waals surface area contributed by atoms with Gasteiger partial charge in [-0.15, -0.1) is 0 Å². The largest absolute Gasteiger partial charge is 0.444 e. The first-order valence-electron chi connectivity index (χ1n) is 6.87. The molecule has 4 N–H and O–H groups in total. The van der Waals surface area contributed by atoms with Crippen LogP contribution in [0.15, 0.2) is 24.3 Å². The van der Waals surface area contributed by atoms with E-state index in [0.29, 0.717) is 11.3 Å². The van der Waals surface area contributed by atoms with E-state index < -0.39 is 21.7 Å². The Hall–Kier alpha value is -1.80. The van der Waals surface area contributed by atoms with Crippen molar-refractivity contribution in [1.29, 1.82) is 0 Å². The maximum Gasteiger partial charge on any atom is 0.407 e. The van der Waals surface area contributed by atoms with Gasteiger partial charge in [0, 0.05) is 18.8 Å². The van der Waals surface area contributed by atoms with Crippen LogP contribution in [-0.4, -0.2) is 33.2 Å². The van der Waals surface area contributed by atoms with E-state index in [1.165, 1.54) is 0 Å². The van der Waals surface area contributed by atoms with Crippen LogP contribution in [0.3, 0.4) is 0 Å². The van der Waals surface area contributed by atoms with Crippen molar-refractivity contribution in [1.82, 2.24) is 10.0 Å². The summed E-state index contributed by atoms with van der Waals surface area (Å²) in [6.45, 7) is 5.46. The van der Waals surface area contributed by atoms with Crippen molar-refractivity contribution in [3.05, 3.63) is 29.8 Å². The molecule has 1 amide bonds. The first kappa shape index (κ1) is 18.2. The van der Waals surface area contributed by atoms with Gasteiger partial charge in [0.1, 0.15) is 5.60 Å². The van der Waals surface area contributed by atoms with Crippen LogP contribution in [0.5, 0.6) is 0 Å². The Labute approximate surface area is 131 Å². The van der Waals surface area contributed by atoms with Crippen molar-refractivity contribution in [3.8, 4) is 0 Å². The summed E-state index contributed by atoms with van der Waals surface area (Å²) < 4.78 is 31.3. The lowest BCUT2D eigenvalue weighted by atomic mass is 10.2. The Bertz CT molecular complexity index is 609. The molecule has 0 radical (unpaired) electrons. The highest BCUT2D eigenvalue weighted by Gasteiger charge is 2.16. The molecule has 0 atom stereocenters. The highest BCUT2D eigenvalue weighted by molar-refractivity contribution is 7.88. The van der Waals surface area contributed by atoms with E-state index >= 15 is 0 Å². The monoisotopic (exact) mass is 329 g/mol. The molecule has 0 saturated heterocycles. The third kappa shape index (κ3) is 7.28. The molecule has 0 aliphatic carbocycles. The van der Waals surface area contributed by atoms with Crippen molar-refractivity contribution in [2.75, 3.05) is 18.8 Å². The minimum Gasteiger partial charge on any atom is -0.444 e. The number of nitrogen functional groups attached to an aromatic ring is 1. The number of amides is 1. The molecule has 0 bridgehead atoms. The SMILES string of the molecule is CC(C)(C)OC(=O)NCCNS(=O)(=O)Cc1ccccc1N.